The minimum atomic E-state index is -3.30. The first-order chi connectivity index (χ1) is 10.3. The van der Waals surface area contributed by atoms with Gasteiger partial charge in [0.05, 0.1) is 11.8 Å². The van der Waals surface area contributed by atoms with Gasteiger partial charge in [0.15, 0.2) is 0 Å². The number of fused-ring (bicyclic) bond motifs is 1. The van der Waals surface area contributed by atoms with Crippen molar-refractivity contribution in [2.45, 2.75) is 12.5 Å². The highest BCUT2D eigenvalue weighted by molar-refractivity contribution is 7.88. The molecule has 5 nitrogen and oxygen atoms in total. The summed E-state index contributed by atoms with van der Waals surface area (Å²) in [6.45, 7) is 1.11. The third kappa shape index (κ3) is 2.61. The topological polar surface area (TPSA) is 57.7 Å². The van der Waals surface area contributed by atoms with Gasteiger partial charge >= 0.3 is 0 Å². The maximum Gasteiger partial charge on any atom is 0.256 e. The maximum absolute atomic E-state index is 13.7. The summed E-state index contributed by atoms with van der Waals surface area (Å²) in [5.41, 5.74) is -0.316. The number of hydrogen-bond donors (Lipinski definition) is 0. The Bertz CT molecular complexity index is 723. The van der Waals surface area contributed by atoms with E-state index in [2.05, 4.69) is 0 Å². The van der Waals surface area contributed by atoms with Gasteiger partial charge in [0.1, 0.15) is 11.6 Å². The zero-order chi connectivity index (χ0) is 16.1. The van der Waals surface area contributed by atoms with Crippen molar-refractivity contribution in [1.29, 1.82) is 0 Å². The molecule has 2 aliphatic rings. The molecule has 2 heterocycles. The average Bonchev–Trinajstić information content (AvgIpc) is 2.40. The van der Waals surface area contributed by atoms with Gasteiger partial charge in [0, 0.05) is 25.7 Å². The molecule has 3 rings (SSSR count). The monoisotopic (exact) mass is 330 g/mol. The lowest BCUT2D eigenvalue weighted by Crippen LogP contribution is -2.65. The molecule has 0 bridgehead atoms. The zero-order valence-electron chi connectivity index (χ0n) is 12.0. The predicted octanol–water partition coefficient (Wildman–Crippen LogP) is 1.07. The van der Waals surface area contributed by atoms with E-state index in [1.54, 1.807) is 0 Å². The minimum Gasteiger partial charge on any atom is -0.337 e. The van der Waals surface area contributed by atoms with Crippen molar-refractivity contribution >= 4 is 15.9 Å². The molecule has 0 aromatic heterocycles. The number of nitrogens with zero attached hydrogens (tertiary/aromatic N) is 2. The van der Waals surface area contributed by atoms with Crippen molar-refractivity contribution in [2.75, 3.05) is 25.9 Å². The number of rotatable bonds is 2. The van der Waals surface area contributed by atoms with Crippen molar-refractivity contribution in [1.82, 2.24) is 9.21 Å². The van der Waals surface area contributed by atoms with Crippen LogP contribution in [0.1, 0.15) is 16.8 Å². The lowest BCUT2D eigenvalue weighted by molar-refractivity contribution is 0.0138. The summed E-state index contributed by atoms with van der Waals surface area (Å²) in [4.78, 5) is 13.8. The summed E-state index contributed by atoms with van der Waals surface area (Å²) in [6.07, 6.45) is 1.80. The molecular weight excluding hydrogens is 314 g/mol. The Kier molecular flexibility index (Phi) is 3.68. The van der Waals surface area contributed by atoms with Crippen molar-refractivity contribution in [3.8, 4) is 0 Å². The minimum absolute atomic E-state index is 0.215. The van der Waals surface area contributed by atoms with Gasteiger partial charge < -0.3 is 4.90 Å². The summed E-state index contributed by atoms with van der Waals surface area (Å²) < 4.78 is 51.5. The van der Waals surface area contributed by atoms with Crippen LogP contribution in [0.5, 0.6) is 0 Å². The number of likely N-dealkylation sites (tertiary alicyclic amines) is 1. The fraction of sp³-hybridized carbons (Fsp3) is 0.500. The molecule has 22 heavy (non-hydrogen) atoms. The van der Waals surface area contributed by atoms with Crippen molar-refractivity contribution in [3.63, 3.8) is 0 Å². The summed E-state index contributed by atoms with van der Waals surface area (Å²) >= 11 is 0. The number of halogens is 2. The van der Waals surface area contributed by atoms with Crippen molar-refractivity contribution in [3.05, 3.63) is 35.4 Å². The Morgan fingerprint density at radius 1 is 1.27 bits per heavy atom. The fourth-order valence-electron chi connectivity index (χ4n) is 3.15. The van der Waals surface area contributed by atoms with Gasteiger partial charge in [-0.1, -0.05) is 0 Å². The molecule has 0 N–H and O–H groups in total. The van der Waals surface area contributed by atoms with Crippen LogP contribution in [-0.4, -0.2) is 55.5 Å². The van der Waals surface area contributed by atoms with E-state index < -0.39 is 27.6 Å². The molecule has 0 radical (unpaired) electrons. The third-order valence-electron chi connectivity index (χ3n) is 4.38. The molecule has 120 valence electrons. The van der Waals surface area contributed by atoms with Crippen molar-refractivity contribution < 1.29 is 22.0 Å². The summed E-state index contributed by atoms with van der Waals surface area (Å²) in [6, 6.07) is 2.49. The lowest BCUT2D eigenvalue weighted by Gasteiger charge is -2.51. The highest BCUT2D eigenvalue weighted by Gasteiger charge is 2.47. The van der Waals surface area contributed by atoms with E-state index in [9.17, 15) is 22.0 Å². The average molecular weight is 330 g/mol. The van der Waals surface area contributed by atoms with Gasteiger partial charge in [-0.2, -0.15) is 4.31 Å². The largest absolute Gasteiger partial charge is 0.337 e. The predicted molar refractivity (Wildman–Crippen MR) is 75.7 cm³/mol. The third-order valence-corrected chi connectivity index (χ3v) is 5.65. The lowest BCUT2D eigenvalue weighted by atomic mass is 9.84. The van der Waals surface area contributed by atoms with Crippen LogP contribution in [0.4, 0.5) is 8.78 Å². The Labute approximate surface area is 127 Å². The molecule has 2 atom stereocenters. The van der Waals surface area contributed by atoms with Gasteiger partial charge in [-0.15, -0.1) is 0 Å². The summed E-state index contributed by atoms with van der Waals surface area (Å²) in [5.74, 6) is -1.82. The van der Waals surface area contributed by atoms with E-state index in [1.807, 2.05) is 0 Å². The number of sulfonamides is 1. The van der Waals surface area contributed by atoms with Gasteiger partial charge in [0.2, 0.25) is 10.0 Å². The molecule has 1 aromatic rings. The van der Waals surface area contributed by atoms with Crippen LogP contribution in [0.3, 0.4) is 0 Å². The Morgan fingerprint density at radius 2 is 2.00 bits per heavy atom. The van der Waals surface area contributed by atoms with Gasteiger partial charge in [-0.05, 0) is 30.5 Å². The van der Waals surface area contributed by atoms with E-state index in [1.165, 1.54) is 9.21 Å². The molecule has 2 saturated heterocycles. The molecule has 0 spiro atoms. The van der Waals surface area contributed by atoms with Gasteiger partial charge in [0.25, 0.3) is 5.91 Å². The van der Waals surface area contributed by atoms with Crippen LogP contribution < -0.4 is 0 Å². The first-order valence-electron chi connectivity index (χ1n) is 6.98. The quantitative estimate of drug-likeness (QED) is 0.815. The van der Waals surface area contributed by atoms with E-state index in [-0.39, 0.29) is 24.1 Å². The Morgan fingerprint density at radius 3 is 2.68 bits per heavy atom. The Hall–Kier alpha value is -1.54. The van der Waals surface area contributed by atoms with Gasteiger partial charge in [-0.3, -0.25) is 4.79 Å². The normalized spacial score (nSPS) is 25.5. The van der Waals surface area contributed by atoms with E-state index in [0.717, 1.165) is 24.5 Å². The molecule has 0 unspecified atom stereocenters. The number of benzene rings is 1. The van der Waals surface area contributed by atoms with Crippen LogP contribution in [-0.2, 0) is 10.0 Å². The smallest absolute Gasteiger partial charge is 0.256 e. The molecule has 2 fully saturated rings. The molecule has 0 saturated carbocycles. The SMILES string of the molecule is CS(=O)(=O)N1C[C@H]2CCN(C(=O)c3cc(F)ccc3F)C[C@H]21. The summed E-state index contributed by atoms with van der Waals surface area (Å²) in [5, 5.41) is 0. The number of carbonyl (C=O) groups is 1. The van der Waals surface area contributed by atoms with E-state index >= 15 is 0 Å². The number of amides is 1. The van der Waals surface area contributed by atoms with Crippen LogP contribution in [0, 0.1) is 17.6 Å². The number of hydrogen-bond acceptors (Lipinski definition) is 3. The van der Waals surface area contributed by atoms with Crippen LogP contribution >= 0.6 is 0 Å². The zero-order valence-corrected chi connectivity index (χ0v) is 12.8. The molecule has 8 heteroatoms. The standard InChI is InChI=1S/C14H16F2N2O3S/c1-22(20,21)18-7-9-4-5-17(8-13(9)18)14(19)11-6-10(15)2-3-12(11)16/h2-3,6,9,13H,4-5,7-8H2,1H3/t9-,13-/m1/s1. The van der Waals surface area contributed by atoms with Crippen molar-refractivity contribution in [2.24, 2.45) is 5.92 Å². The van der Waals surface area contributed by atoms with E-state index in [0.29, 0.717) is 19.5 Å². The Balaban J connectivity index is 1.79. The second-order valence-electron chi connectivity index (χ2n) is 5.82. The highest BCUT2D eigenvalue weighted by Crippen LogP contribution is 2.34. The molecule has 1 amide bonds. The summed E-state index contributed by atoms with van der Waals surface area (Å²) in [7, 11) is -3.30. The van der Waals surface area contributed by atoms with E-state index in [4.69, 9.17) is 0 Å². The van der Waals surface area contributed by atoms with Crippen LogP contribution in [0.25, 0.3) is 0 Å². The second kappa shape index (κ2) is 5.27. The molecule has 1 aromatic carbocycles. The molecule has 2 aliphatic heterocycles. The van der Waals surface area contributed by atoms with Crippen LogP contribution in [0.2, 0.25) is 0 Å². The maximum atomic E-state index is 13.7. The first-order valence-corrected chi connectivity index (χ1v) is 8.83. The fourth-order valence-corrected chi connectivity index (χ4v) is 4.34. The first kappa shape index (κ1) is 15.4. The number of carbonyl (C=O) groups excluding carboxylic acids is 1. The number of piperidine rings is 1. The highest BCUT2D eigenvalue weighted by atomic mass is 32.2. The molecule has 0 aliphatic carbocycles. The van der Waals surface area contributed by atoms with Gasteiger partial charge in [-0.25, -0.2) is 17.2 Å². The van der Waals surface area contributed by atoms with Crippen LogP contribution in [0.15, 0.2) is 18.2 Å². The molecular formula is C14H16F2N2O3S. The second-order valence-corrected chi connectivity index (χ2v) is 7.76.